The van der Waals surface area contributed by atoms with Crippen LogP contribution in [0.2, 0.25) is 0 Å². The van der Waals surface area contributed by atoms with Gasteiger partial charge < -0.3 is 76.1 Å². The van der Waals surface area contributed by atoms with E-state index in [4.69, 9.17) is 14.2 Å². The van der Waals surface area contributed by atoms with E-state index in [0.717, 1.165) is 57.8 Å². The zero-order chi connectivity index (χ0) is 76.6. The quantitative estimate of drug-likeness (QED) is 0.0153. The number of esters is 3. The van der Waals surface area contributed by atoms with E-state index < -0.39 is 109 Å². The molecule has 0 radical (unpaired) electrons. The predicted molar refractivity (Wildman–Crippen MR) is 411 cm³/mol. The van der Waals surface area contributed by atoms with E-state index in [2.05, 4.69) is 36.7 Å². The highest BCUT2D eigenvalue weighted by Crippen LogP contribution is 2.19. The lowest BCUT2D eigenvalue weighted by molar-refractivity contribution is -0.152. The number of hydrogen-bond acceptors (Lipinski definition) is 18. The monoisotopic (exact) mass is 1460 g/mol. The molecule has 13 atom stereocenters. The fourth-order valence-electron chi connectivity index (χ4n) is 11.4. The normalized spacial score (nSPS) is 15.2. The molecule has 0 saturated carbocycles. The molecule has 0 bridgehead atoms. The maximum Gasteiger partial charge on any atom is 0.328 e. The molecule has 0 aromatic carbocycles. The molecule has 21 heteroatoms. The summed E-state index contributed by atoms with van der Waals surface area (Å²) in [5.74, 6) is -4.72. The summed E-state index contributed by atoms with van der Waals surface area (Å²) in [6.07, 6.45) is 35.5. The Kier molecular flexibility index (Phi) is 73.7. The number of rotatable bonds is 65. The van der Waals surface area contributed by atoms with Crippen LogP contribution in [0.15, 0.2) is 0 Å². The van der Waals surface area contributed by atoms with Gasteiger partial charge in [-0.1, -0.05) is 315 Å². The molecule has 0 rings (SSSR count). The molecule has 608 valence electrons. The molecule has 21 nitrogen and oxygen atoms in total. The second-order valence-corrected chi connectivity index (χ2v) is 29.3. The molecule has 12 N–H and O–H groups in total. The highest BCUT2D eigenvalue weighted by molar-refractivity contribution is 5.88. The van der Waals surface area contributed by atoms with Crippen LogP contribution in [0.1, 0.15) is 373 Å². The lowest BCUT2D eigenvalue weighted by Gasteiger charge is -2.26. The molecule has 0 aromatic rings. The second-order valence-electron chi connectivity index (χ2n) is 29.3. The Morgan fingerprint density at radius 2 is 0.461 bits per heavy atom. The molecule has 0 fully saturated rings. The van der Waals surface area contributed by atoms with E-state index in [1.165, 1.54) is 180 Å². The summed E-state index contributed by atoms with van der Waals surface area (Å²) in [5, 5.41) is 96.3. The first-order chi connectivity index (χ1) is 48.3. The van der Waals surface area contributed by atoms with Crippen LogP contribution in [0.4, 0.5) is 0 Å². The summed E-state index contributed by atoms with van der Waals surface area (Å²) in [4.78, 5) is 74.3. The SMILES string of the molecule is C.CCCCCCCCCCCCCCCCOC(=O)C(NC(=O)[C@H](O)[C@@H](O)C[C@H](O)CC)C(C)CC.CCCCCCCCCCCCCCCOC(=O)C(NC(=O)[C@H](O)[C@@H](O)C[C@H](O)CC)C(C)C.CCCCCCCCCCCCOC(=O)C(NC(=O)[C@H](O)[C@@H](O)C[C@H](O)CC)C(C)C. The van der Waals surface area contributed by atoms with Gasteiger partial charge in [0.15, 0.2) is 18.3 Å². The summed E-state index contributed by atoms with van der Waals surface area (Å²) < 4.78 is 16.1. The Bertz CT molecular complexity index is 1950. The van der Waals surface area contributed by atoms with E-state index in [0.29, 0.717) is 45.5 Å². The lowest BCUT2D eigenvalue weighted by Crippen LogP contribution is -2.52. The van der Waals surface area contributed by atoms with Gasteiger partial charge in [0, 0.05) is 19.3 Å². The number of aliphatic hydroxyl groups excluding tert-OH is 9. The number of hydrogen-bond donors (Lipinski definition) is 12. The van der Waals surface area contributed by atoms with Gasteiger partial charge in [0.2, 0.25) is 0 Å². The number of carbonyl (C=O) groups is 6. The first-order valence-corrected chi connectivity index (χ1v) is 40.8. The largest absolute Gasteiger partial charge is 0.464 e. The maximum absolute atomic E-state index is 12.6. The van der Waals surface area contributed by atoms with Gasteiger partial charge >= 0.3 is 17.9 Å². The molecule has 0 heterocycles. The average molecular weight is 1470 g/mol. The zero-order valence-electron chi connectivity index (χ0n) is 66.1. The van der Waals surface area contributed by atoms with Gasteiger partial charge in [0.1, 0.15) is 18.1 Å². The Hall–Kier alpha value is -3.54. The minimum atomic E-state index is -1.71. The first-order valence-electron chi connectivity index (χ1n) is 40.8. The zero-order valence-corrected chi connectivity index (χ0v) is 66.1. The van der Waals surface area contributed by atoms with Crippen LogP contribution in [0.5, 0.6) is 0 Å². The van der Waals surface area contributed by atoms with E-state index in [1.54, 1.807) is 48.5 Å². The van der Waals surface area contributed by atoms with Crippen molar-refractivity contribution in [2.24, 2.45) is 17.8 Å². The second kappa shape index (κ2) is 71.7. The molecule has 0 aliphatic rings. The minimum Gasteiger partial charge on any atom is -0.464 e. The molecular formula is C81H161N3O18. The summed E-state index contributed by atoms with van der Waals surface area (Å²) in [6, 6.07) is -2.67. The number of carbonyl (C=O) groups excluding carboxylic acids is 6. The average Bonchev–Trinajstić information content (AvgIpc) is 0.886. The van der Waals surface area contributed by atoms with Gasteiger partial charge in [0.05, 0.1) is 56.4 Å². The van der Waals surface area contributed by atoms with Gasteiger partial charge in [-0.2, -0.15) is 0 Å². The van der Waals surface area contributed by atoms with Crippen LogP contribution in [0.3, 0.4) is 0 Å². The summed E-state index contributed by atoms with van der Waals surface area (Å²) in [6.45, 7) is 23.7. The first kappa shape index (κ1) is 105. The molecular weight excluding hydrogens is 1300 g/mol. The summed E-state index contributed by atoms with van der Waals surface area (Å²) in [5.41, 5.74) is 0. The van der Waals surface area contributed by atoms with Crippen molar-refractivity contribution in [1.82, 2.24) is 16.0 Å². The van der Waals surface area contributed by atoms with Gasteiger partial charge in [0.25, 0.3) is 17.7 Å². The number of ether oxygens (including phenoxy) is 3. The fraction of sp³-hybridized carbons (Fsp3) is 0.926. The Balaban J connectivity index is -0.000000705. The van der Waals surface area contributed by atoms with Crippen molar-refractivity contribution < 1.29 is 88.9 Å². The van der Waals surface area contributed by atoms with Crippen LogP contribution < -0.4 is 16.0 Å². The number of aliphatic hydroxyl groups is 9. The molecule has 0 saturated heterocycles. The number of nitrogens with one attached hydrogen (secondary N) is 3. The van der Waals surface area contributed by atoms with Crippen molar-refractivity contribution in [2.45, 2.75) is 446 Å². The molecule has 0 aromatic heterocycles. The van der Waals surface area contributed by atoms with Gasteiger partial charge in [-0.05, 0) is 56.3 Å². The smallest absolute Gasteiger partial charge is 0.328 e. The number of amides is 3. The summed E-state index contributed by atoms with van der Waals surface area (Å²) in [7, 11) is 0. The van der Waals surface area contributed by atoms with Crippen LogP contribution >= 0.6 is 0 Å². The van der Waals surface area contributed by atoms with Crippen molar-refractivity contribution in [1.29, 1.82) is 0 Å². The molecule has 0 spiro atoms. The van der Waals surface area contributed by atoms with Crippen LogP contribution in [0.25, 0.3) is 0 Å². The highest BCUT2D eigenvalue weighted by atomic mass is 16.5. The van der Waals surface area contributed by atoms with Crippen molar-refractivity contribution in [3.05, 3.63) is 0 Å². The minimum absolute atomic E-state index is 0. The molecule has 0 aliphatic heterocycles. The third kappa shape index (κ3) is 58.6. The lowest BCUT2D eigenvalue weighted by atomic mass is 9.98. The standard InChI is InChI=1S/C29H57NO6.C27H53NO6.C24H47NO6.CH4/c1-5-8-9-10-11-12-13-14-15-16-17-18-19-20-21-36-29(35)26(23(4)6-2)30-28(34)27(33)25(32)22-24(31)7-3;1-5-7-8-9-10-11-12-13-14-15-16-17-18-19-34-27(33)24(21(3)4)28-26(32)25(31)23(30)20-22(29)6-2;1-5-7-8-9-10-11-12-13-14-15-16-31-24(30)21(18(3)4)25-23(29)22(28)20(27)17-19(26)6-2;/h23-27,31-33H,5-22H2,1-4H3,(H,30,34);21-25,29-31H,5-20H2,1-4H3,(H,28,32);18-22,26-28H,5-17H2,1-4H3,(H,25,29);1H4/t23?,24-,25+,26?,27-;22-,23+,24?,25-;19-,20+,21?,22-;/m111./s1. The maximum atomic E-state index is 12.6. The molecule has 4 unspecified atom stereocenters. The highest BCUT2D eigenvalue weighted by Gasteiger charge is 2.35. The van der Waals surface area contributed by atoms with Gasteiger partial charge in [-0.3, -0.25) is 14.4 Å². The predicted octanol–water partition coefficient (Wildman–Crippen LogP) is 14.2. The van der Waals surface area contributed by atoms with Crippen molar-refractivity contribution in [3.63, 3.8) is 0 Å². The van der Waals surface area contributed by atoms with Crippen LogP contribution in [-0.2, 0) is 43.0 Å². The topological polar surface area (TPSA) is 348 Å². The summed E-state index contributed by atoms with van der Waals surface area (Å²) >= 11 is 0. The fourth-order valence-corrected chi connectivity index (χ4v) is 11.4. The molecule has 3 amide bonds. The van der Waals surface area contributed by atoms with Crippen molar-refractivity contribution in [3.8, 4) is 0 Å². The molecule has 102 heavy (non-hydrogen) atoms. The van der Waals surface area contributed by atoms with E-state index >= 15 is 0 Å². The van der Waals surface area contributed by atoms with E-state index in [-0.39, 0.29) is 44.4 Å². The third-order valence-corrected chi connectivity index (χ3v) is 19.0. The van der Waals surface area contributed by atoms with Crippen molar-refractivity contribution in [2.75, 3.05) is 19.8 Å². The Labute approximate surface area is 621 Å². The van der Waals surface area contributed by atoms with Crippen LogP contribution in [0, 0.1) is 17.8 Å². The van der Waals surface area contributed by atoms with Crippen molar-refractivity contribution >= 4 is 35.6 Å². The molecule has 0 aliphatic carbocycles. The van der Waals surface area contributed by atoms with Gasteiger partial charge in [-0.15, -0.1) is 0 Å². The van der Waals surface area contributed by atoms with Crippen LogP contribution in [-0.4, -0.2) is 174 Å². The Morgan fingerprint density at radius 3 is 0.647 bits per heavy atom. The van der Waals surface area contributed by atoms with E-state index in [1.807, 2.05) is 13.8 Å². The van der Waals surface area contributed by atoms with E-state index in [9.17, 15) is 74.7 Å². The van der Waals surface area contributed by atoms with Gasteiger partial charge in [-0.25, -0.2) is 14.4 Å². The Morgan fingerprint density at radius 1 is 0.275 bits per heavy atom. The third-order valence-electron chi connectivity index (χ3n) is 19.0. The number of unbranched alkanes of at least 4 members (excludes halogenated alkanes) is 34.